The molecule has 0 bridgehead atoms. The van der Waals surface area contributed by atoms with Crippen LogP contribution in [0.4, 0.5) is 5.69 Å². The molecule has 7 heteroatoms. The zero-order chi connectivity index (χ0) is 19.4. The van der Waals surface area contributed by atoms with Gasteiger partial charge in [0.15, 0.2) is 0 Å². The molecule has 1 amide bonds. The van der Waals surface area contributed by atoms with Gasteiger partial charge in [0.05, 0.1) is 18.4 Å². The molecule has 1 heterocycles. The van der Waals surface area contributed by atoms with Gasteiger partial charge >= 0.3 is 0 Å². The highest BCUT2D eigenvalue weighted by Gasteiger charge is 2.14. The third-order valence-corrected chi connectivity index (χ3v) is 4.80. The summed E-state index contributed by atoms with van der Waals surface area (Å²) in [6, 6.07) is 14.9. The second-order valence-corrected chi connectivity index (χ2v) is 8.26. The highest BCUT2D eigenvalue weighted by molar-refractivity contribution is 7.92. The maximum absolute atomic E-state index is 12.6. The number of benzene rings is 2. The first-order chi connectivity index (χ1) is 12.8. The lowest BCUT2D eigenvalue weighted by Gasteiger charge is -2.19. The van der Waals surface area contributed by atoms with E-state index in [0.717, 1.165) is 22.6 Å². The van der Waals surface area contributed by atoms with E-state index in [1.807, 2.05) is 24.3 Å². The van der Waals surface area contributed by atoms with Gasteiger partial charge in [-0.3, -0.25) is 14.5 Å². The molecule has 0 aliphatic carbocycles. The maximum atomic E-state index is 12.6. The quantitative estimate of drug-likeness (QED) is 0.710. The predicted molar refractivity (Wildman–Crippen MR) is 107 cm³/mol. The van der Waals surface area contributed by atoms with Crippen molar-refractivity contribution < 1.29 is 13.2 Å². The Labute approximate surface area is 158 Å². The second kappa shape index (κ2) is 7.75. The van der Waals surface area contributed by atoms with E-state index in [9.17, 15) is 13.2 Å². The van der Waals surface area contributed by atoms with Crippen LogP contribution in [0.2, 0.25) is 0 Å². The first-order valence-corrected chi connectivity index (χ1v) is 10.3. The Morgan fingerprint density at radius 2 is 1.89 bits per heavy atom. The maximum Gasteiger partial charge on any atom is 0.229 e. The van der Waals surface area contributed by atoms with Crippen molar-refractivity contribution >= 4 is 32.4 Å². The average molecular weight is 383 g/mol. The second-order valence-electron chi connectivity index (χ2n) is 6.52. The zero-order valence-electron chi connectivity index (χ0n) is 15.2. The summed E-state index contributed by atoms with van der Waals surface area (Å²) in [5.74, 6) is -0.0902. The molecule has 0 spiro atoms. The van der Waals surface area contributed by atoms with Gasteiger partial charge in [-0.15, -0.1) is 0 Å². The van der Waals surface area contributed by atoms with E-state index in [-0.39, 0.29) is 12.3 Å². The summed E-state index contributed by atoms with van der Waals surface area (Å²) in [6.45, 7) is 0.471. The highest BCUT2D eigenvalue weighted by Crippen LogP contribution is 2.19. The SMILES string of the molecule is CN(Cc1ccc2cnccc2c1)C(=O)Cc1ccccc1NS(C)(=O)=O. The first-order valence-electron chi connectivity index (χ1n) is 8.44. The minimum absolute atomic E-state index is 0.0902. The molecule has 3 rings (SSSR count). The van der Waals surface area contributed by atoms with Crippen LogP contribution in [0.5, 0.6) is 0 Å². The Hall–Kier alpha value is -2.93. The Morgan fingerprint density at radius 3 is 2.67 bits per heavy atom. The van der Waals surface area contributed by atoms with E-state index >= 15 is 0 Å². The molecule has 0 saturated carbocycles. The molecule has 0 fully saturated rings. The summed E-state index contributed by atoms with van der Waals surface area (Å²) in [4.78, 5) is 18.4. The van der Waals surface area contributed by atoms with Gasteiger partial charge in [0.1, 0.15) is 0 Å². The Kier molecular flexibility index (Phi) is 5.41. The van der Waals surface area contributed by atoms with Gasteiger partial charge in [-0.2, -0.15) is 0 Å². The van der Waals surface area contributed by atoms with E-state index in [1.165, 1.54) is 0 Å². The molecule has 0 radical (unpaired) electrons. The van der Waals surface area contributed by atoms with Gasteiger partial charge in [-0.25, -0.2) is 8.42 Å². The number of fused-ring (bicyclic) bond motifs is 1. The number of hydrogen-bond donors (Lipinski definition) is 1. The Balaban J connectivity index is 1.72. The van der Waals surface area contributed by atoms with Crippen molar-refractivity contribution in [1.82, 2.24) is 9.88 Å². The number of carbonyl (C=O) groups is 1. The summed E-state index contributed by atoms with van der Waals surface area (Å²) < 4.78 is 25.5. The molecule has 0 aliphatic heterocycles. The van der Waals surface area contributed by atoms with Crippen LogP contribution in [-0.2, 0) is 27.8 Å². The number of nitrogens with zero attached hydrogens (tertiary/aromatic N) is 2. The smallest absolute Gasteiger partial charge is 0.229 e. The van der Waals surface area contributed by atoms with Crippen LogP contribution >= 0.6 is 0 Å². The molecule has 0 aliphatic rings. The zero-order valence-corrected chi connectivity index (χ0v) is 16.0. The van der Waals surface area contributed by atoms with E-state index in [1.54, 1.807) is 48.6 Å². The minimum atomic E-state index is -3.41. The number of rotatable bonds is 6. The number of anilines is 1. The topological polar surface area (TPSA) is 79.4 Å². The van der Waals surface area contributed by atoms with Gasteiger partial charge in [0, 0.05) is 31.4 Å². The number of para-hydroxylation sites is 1. The van der Waals surface area contributed by atoms with E-state index in [0.29, 0.717) is 17.8 Å². The Morgan fingerprint density at radius 1 is 1.11 bits per heavy atom. The van der Waals surface area contributed by atoms with Crippen LogP contribution < -0.4 is 4.72 Å². The molecule has 1 N–H and O–H groups in total. The number of pyridine rings is 1. The van der Waals surface area contributed by atoms with Crippen LogP contribution in [0.3, 0.4) is 0 Å². The van der Waals surface area contributed by atoms with Gasteiger partial charge in [-0.05, 0) is 34.7 Å². The molecular formula is C20H21N3O3S. The Bertz CT molecular complexity index is 1080. The lowest BCUT2D eigenvalue weighted by Crippen LogP contribution is -2.28. The monoisotopic (exact) mass is 383 g/mol. The number of nitrogens with one attached hydrogen (secondary N) is 1. The first kappa shape index (κ1) is 18.8. The van der Waals surface area contributed by atoms with Crippen LogP contribution in [0.15, 0.2) is 60.9 Å². The summed E-state index contributed by atoms with van der Waals surface area (Å²) in [5, 5.41) is 2.13. The normalized spacial score (nSPS) is 11.3. The highest BCUT2D eigenvalue weighted by atomic mass is 32.2. The van der Waals surface area contributed by atoms with Gasteiger partial charge in [0.2, 0.25) is 15.9 Å². The third kappa shape index (κ3) is 5.04. The number of hydrogen-bond acceptors (Lipinski definition) is 4. The largest absolute Gasteiger partial charge is 0.341 e. The van der Waals surface area contributed by atoms with Crippen LogP contribution in [0.25, 0.3) is 10.8 Å². The number of likely N-dealkylation sites (N-methyl/N-ethyl adjacent to an activating group) is 1. The molecule has 6 nitrogen and oxygen atoms in total. The fraction of sp³-hybridized carbons (Fsp3) is 0.200. The minimum Gasteiger partial charge on any atom is -0.341 e. The van der Waals surface area contributed by atoms with Crippen molar-refractivity contribution in [1.29, 1.82) is 0 Å². The average Bonchev–Trinajstić information content (AvgIpc) is 2.62. The molecule has 1 aromatic heterocycles. The molecule has 140 valence electrons. The van der Waals surface area contributed by atoms with Crippen LogP contribution in [-0.4, -0.2) is 37.5 Å². The fourth-order valence-corrected chi connectivity index (χ4v) is 3.46. The summed E-state index contributed by atoms with van der Waals surface area (Å²) in [7, 11) is -1.66. The van der Waals surface area contributed by atoms with E-state index < -0.39 is 10.0 Å². The molecule has 3 aromatic rings. The van der Waals surface area contributed by atoms with Crippen molar-refractivity contribution in [2.45, 2.75) is 13.0 Å². The molecule has 0 saturated heterocycles. The number of carbonyl (C=O) groups excluding carboxylic acids is 1. The molecular weight excluding hydrogens is 362 g/mol. The lowest BCUT2D eigenvalue weighted by molar-refractivity contribution is -0.129. The summed E-state index contributed by atoms with van der Waals surface area (Å²) in [6.07, 6.45) is 4.76. The van der Waals surface area contributed by atoms with E-state index in [4.69, 9.17) is 0 Å². The van der Waals surface area contributed by atoms with Crippen molar-refractivity contribution in [3.05, 3.63) is 72.1 Å². The molecule has 0 unspecified atom stereocenters. The molecule has 2 aromatic carbocycles. The van der Waals surface area contributed by atoms with Crippen molar-refractivity contribution in [3.63, 3.8) is 0 Å². The number of sulfonamides is 1. The van der Waals surface area contributed by atoms with Gasteiger partial charge in [-0.1, -0.05) is 30.3 Å². The van der Waals surface area contributed by atoms with Crippen LogP contribution in [0.1, 0.15) is 11.1 Å². The fourth-order valence-electron chi connectivity index (χ4n) is 2.86. The van der Waals surface area contributed by atoms with Gasteiger partial charge in [0.25, 0.3) is 0 Å². The van der Waals surface area contributed by atoms with Crippen molar-refractivity contribution in [2.75, 3.05) is 18.0 Å². The van der Waals surface area contributed by atoms with Gasteiger partial charge < -0.3 is 4.90 Å². The number of aromatic nitrogens is 1. The summed E-state index contributed by atoms with van der Waals surface area (Å²) >= 11 is 0. The van der Waals surface area contributed by atoms with Crippen LogP contribution in [0, 0.1) is 0 Å². The van der Waals surface area contributed by atoms with Crippen molar-refractivity contribution in [3.8, 4) is 0 Å². The predicted octanol–water partition coefficient (Wildman–Crippen LogP) is 2.81. The standard InChI is InChI=1S/C20H21N3O3S/c1-23(14-15-7-8-18-13-21-10-9-16(18)11-15)20(24)12-17-5-3-4-6-19(17)22-27(2,25)26/h3-11,13,22H,12,14H2,1-2H3. The summed E-state index contributed by atoms with van der Waals surface area (Å²) in [5.41, 5.74) is 2.09. The number of amides is 1. The molecule has 0 atom stereocenters. The lowest BCUT2D eigenvalue weighted by atomic mass is 10.1. The van der Waals surface area contributed by atoms with Crippen molar-refractivity contribution in [2.24, 2.45) is 0 Å². The molecule has 27 heavy (non-hydrogen) atoms. The third-order valence-electron chi connectivity index (χ3n) is 4.20. The van der Waals surface area contributed by atoms with E-state index in [2.05, 4.69) is 9.71 Å².